The summed E-state index contributed by atoms with van der Waals surface area (Å²) in [4.78, 5) is 0. The predicted molar refractivity (Wildman–Crippen MR) is 76.8 cm³/mol. The van der Waals surface area contributed by atoms with Gasteiger partial charge in [-0.15, -0.1) is 0 Å². The molecule has 12 heavy (non-hydrogen) atoms. The Hall–Kier alpha value is 1.08. The molecular weight excluding hydrogens is 225 g/mol. The molecule has 0 aromatic carbocycles. The van der Waals surface area contributed by atoms with Crippen LogP contribution in [0.4, 0.5) is 0 Å². The van der Waals surface area contributed by atoms with Crippen molar-refractivity contribution in [3.63, 3.8) is 0 Å². The van der Waals surface area contributed by atoms with Crippen LogP contribution in [0.25, 0.3) is 0 Å². The number of rotatable bonds is 4. The molecule has 1 atom stereocenters. The minimum atomic E-state index is -0.599. The maximum absolute atomic E-state index is 2.65. The topological polar surface area (TPSA) is 0 Å². The lowest BCUT2D eigenvalue weighted by Crippen LogP contribution is -2.58. The summed E-state index contributed by atoms with van der Waals surface area (Å²) in [5.74, 6) is 0. The van der Waals surface area contributed by atoms with Gasteiger partial charge in [0, 0.05) is 40.1 Å². The first-order valence-corrected chi connectivity index (χ1v) is 24.2. The van der Waals surface area contributed by atoms with Gasteiger partial charge >= 0.3 is 0 Å². The predicted octanol–water partition coefficient (Wildman–Crippen LogP) is 0.844. The molecule has 5 heteroatoms. The summed E-state index contributed by atoms with van der Waals surface area (Å²) in [5, 5.41) is 0. The summed E-state index contributed by atoms with van der Waals surface area (Å²) < 4.78 is 0. The Kier molecular flexibility index (Phi) is 4.95. The van der Waals surface area contributed by atoms with Crippen LogP contribution < -0.4 is 0 Å². The molecule has 0 bridgehead atoms. The Balaban J connectivity index is 4.20. The maximum atomic E-state index is 2.65. The summed E-state index contributed by atoms with van der Waals surface area (Å²) in [6.45, 7) is 18.4. The highest BCUT2D eigenvalue weighted by molar-refractivity contribution is 7.77. The molecule has 0 radical (unpaired) electrons. The van der Waals surface area contributed by atoms with E-state index >= 15 is 0 Å². The molecule has 0 aliphatic rings. The summed E-state index contributed by atoms with van der Waals surface area (Å²) in [6.07, 6.45) is 0. The van der Waals surface area contributed by atoms with E-state index in [1.807, 2.05) is 0 Å². The molecule has 0 saturated carbocycles. The van der Waals surface area contributed by atoms with E-state index in [1.54, 1.807) is 0 Å². The second-order valence-electron chi connectivity index (χ2n) is 6.24. The molecule has 0 heterocycles. The van der Waals surface area contributed by atoms with Gasteiger partial charge in [-0.25, -0.2) is 0 Å². The summed E-state index contributed by atoms with van der Waals surface area (Å²) in [7, 11) is -0.327. The molecular formula is C7H26Si5. The molecule has 0 amide bonds. The van der Waals surface area contributed by atoms with Crippen molar-refractivity contribution in [2.45, 2.75) is 45.8 Å². The summed E-state index contributed by atoms with van der Waals surface area (Å²) >= 11 is 0. The van der Waals surface area contributed by atoms with E-state index in [4.69, 9.17) is 0 Å². The zero-order valence-corrected chi connectivity index (χ0v) is 16.0. The standard InChI is InChI=1S/C7H26Si5/c1-8-10(12(5,6)7)9-11(2,3)4/h10H,8-9H2,1-7H3. The van der Waals surface area contributed by atoms with Crippen LogP contribution in [-0.2, 0) is 0 Å². The zero-order valence-electron chi connectivity index (χ0n) is 9.99. The molecule has 0 saturated heterocycles. The van der Waals surface area contributed by atoms with Gasteiger partial charge in [0.1, 0.15) is 0 Å². The Bertz CT molecular complexity index is 132. The largest absolute Gasteiger partial charge is 0.0773 e. The van der Waals surface area contributed by atoms with E-state index in [2.05, 4.69) is 45.8 Å². The lowest BCUT2D eigenvalue weighted by atomic mass is 11.8. The van der Waals surface area contributed by atoms with Crippen molar-refractivity contribution >= 4 is 40.1 Å². The van der Waals surface area contributed by atoms with Crippen LogP contribution in [0.5, 0.6) is 0 Å². The van der Waals surface area contributed by atoms with Crippen LogP contribution in [-0.4, -0.2) is 40.1 Å². The van der Waals surface area contributed by atoms with Gasteiger partial charge in [0.15, 0.2) is 0 Å². The molecule has 0 aromatic heterocycles. The molecule has 0 aliphatic carbocycles. The average molecular weight is 251 g/mol. The summed E-state index contributed by atoms with van der Waals surface area (Å²) in [6, 6.07) is 0. The van der Waals surface area contributed by atoms with Crippen molar-refractivity contribution < 1.29 is 0 Å². The zero-order chi connectivity index (χ0) is 9.99. The van der Waals surface area contributed by atoms with E-state index in [-0.39, 0.29) is 7.35 Å². The lowest BCUT2D eigenvalue weighted by Gasteiger charge is -2.31. The highest BCUT2D eigenvalue weighted by Gasteiger charge is 2.31. The van der Waals surface area contributed by atoms with Gasteiger partial charge in [0.25, 0.3) is 0 Å². The third-order valence-corrected chi connectivity index (χ3v) is 82.9. The van der Waals surface area contributed by atoms with E-state index in [1.165, 1.54) is 0 Å². The van der Waals surface area contributed by atoms with Crippen LogP contribution in [0, 0.1) is 0 Å². The van der Waals surface area contributed by atoms with E-state index in [9.17, 15) is 0 Å². The van der Waals surface area contributed by atoms with Gasteiger partial charge in [-0.3, -0.25) is 0 Å². The second-order valence-corrected chi connectivity index (χ2v) is 54.3. The van der Waals surface area contributed by atoms with E-state index in [0.29, 0.717) is 17.6 Å². The third kappa shape index (κ3) is 5.68. The highest BCUT2D eigenvalue weighted by Crippen LogP contribution is 2.09. The Morgan fingerprint density at radius 2 is 1.33 bits per heavy atom. The molecule has 0 spiro atoms. The fourth-order valence-corrected chi connectivity index (χ4v) is 113. The molecule has 0 aliphatic heterocycles. The Labute approximate surface area is 86.0 Å². The van der Waals surface area contributed by atoms with Crippen LogP contribution in [0.1, 0.15) is 0 Å². The van der Waals surface area contributed by atoms with Crippen molar-refractivity contribution in [3.05, 3.63) is 0 Å². The normalized spacial score (nSPS) is 18.2. The van der Waals surface area contributed by atoms with E-state index < -0.39 is 15.2 Å². The van der Waals surface area contributed by atoms with Gasteiger partial charge in [-0.05, 0) is 0 Å². The van der Waals surface area contributed by atoms with Crippen molar-refractivity contribution in [2.24, 2.45) is 0 Å². The van der Waals surface area contributed by atoms with Gasteiger partial charge in [-0.1, -0.05) is 45.8 Å². The van der Waals surface area contributed by atoms with Gasteiger partial charge in [0.05, 0.1) is 0 Å². The van der Waals surface area contributed by atoms with Gasteiger partial charge in [-0.2, -0.15) is 0 Å². The molecule has 0 rings (SSSR count). The molecule has 1 unspecified atom stereocenters. The van der Waals surface area contributed by atoms with Gasteiger partial charge < -0.3 is 0 Å². The van der Waals surface area contributed by atoms with Crippen molar-refractivity contribution in [3.8, 4) is 0 Å². The SMILES string of the molecule is C[SiH2][SiH]([SiH2][Si](C)(C)C)[Si](C)(C)C. The van der Waals surface area contributed by atoms with E-state index in [0.717, 1.165) is 0 Å². The first-order valence-electron chi connectivity index (χ1n) is 5.17. The van der Waals surface area contributed by atoms with Crippen LogP contribution >= 0.6 is 0 Å². The maximum Gasteiger partial charge on any atom is 0.0284 e. The molecule has 0 N–H and O–H groups in total. The van der Waals surface area contributed by atoms with Crippen LogP contribution in [0.15, 0.2) is 0 Å². The lowest BCUT2D eigenvalue weighted by molar-refractivity contribution is 1.85. The minimum absolute atomic E-state index is 0.0478. The monoisotopic (exact) mass is 250 g/mol. The number of hydrogen-bond acceptors (Lipinski definition) is 0. The molecule has 74 valence electrons. The Morgan fingerprint density at radius 1 is 0.917 bits per heavy atom. The number of hydrogen-bond donors (Lipinski definition) is 0. The Morgan fingerprint density at radius 3 is 1.42 bits per heavy atom. The third-order valence-electron chi connectivity index (χ3n) is 2.58. The average Bonchev–Trinajstić information content (AvgIpc) is 1.78. The molecule has 0 fully saturated rings. The fraction of sp³-hybridized carbons (Fsp3) is 1.00. The first-order chi connectivity index (χ1) is 5.17. The minimum Gasteiger partial charge on any atom is -0.0773 e. The highest BCUT2D eigenvalue weighted by atomic mass is 30.0. The smallest absolute Gasteiger partial charge is 0.0284 e. The van der Waals surface area contributed by atoms with Gasteiger partial charge in [0.2, 0.25) is 0 Å². The second kappa shape index (κ2) is 4.54. The quantitative estimate of drug-likeness (QED) is 0.649. The fourth-order valence-electron chi connectivity index (χ4n) is 1.80. The van der Waals surface area contributed by atoms with Crippen molar-refractivity contribution in [2.75, 3.05) is 0 Å². The molecule has 0 aromatic rings. The first kappa shape index (κ1) is 13.1. The molecule has 0 nitrogen and oxygen atoms in total. The van der Waals surface area contributed by atoms with Crippen molar-refractivity contribution in [1.29, 1.82) is 0 Å². The van der Waals surface area contributed by atoms with Crippen molar-refractivity contribution in [1.82, 2.24) is 0 Å². The van der Waals surface area contributed by atoms with Crippen LogP contribution in [0.3, 0.4) is 0 Å². The van der Waals surface area contributed by atoms with Crippen LogP contribution in [0.2, 0.25) is 45.8 Å². The summed E-state index contributed by atoms with van der Waals surface area (Å²) in [5.41, 5.74) is 0.